The van der Waals surface area contributed by atoms with Crippen LogP contribution in [0.25, 0.3) is 0 Å². The van der Waals surface area contributed by atoms with Crippen molar-refractivity contribution in [1.29, 1.82) is 0 Å². The number of carbonyl (C=O) groups excluding carboxylic acids is 1. The van der Waals surface area contributed by atoms with E-state index in [4.69, 9.17) is 21.1 Å². The molecule has 1 amide bonds. The van der Waals surface area contributed by atoms with Gasteiger partial charge in [-0.3, -0.25) is 4.79 Å². The lowest BCUT2D eigenvalue weighted by Crippen LogP contribution is -2.55. The quantitative estimate of drug-likeness (QED) is 0.210. The summed E-state index contributed by atoms with van der Waals surface area (Å²) in [5, 5.41) is 42.4. The molecule has 1 saturated heterocycles. The van der Waals surface area contributed by atoms with Crippen LogP contribution < -0.4 is 15.0 Å². The van der Waals surface area contributed by atoms with E-state index in [1.165, 1.54) is 12.1 Å². The van der Waals surface area contributed by atoms with Crippen molar-refractivity contribution in [2.45, 2.75) is 62.9 Å². The first kappa shape index (κ1) is 32.3. The molecular weight excluding hydrogens is 571 g/mol. The normalized spacial score (nSPS) is 24.9. The molecule has 0 bridgehead atoms. The molecule has 0 spiro atoms. The molecular formula is C29H40ClFN4O7. The maximum absolute atomic E-state index is 14.6. The molecule has 1 aliphatic carbocycles. The van der Waals surface area contributed by atoms with Crippen LogP contribution in [0, 0.1) is 17.7 Å². The van der Waals surface area contributed by atoms with E-state index in [1.54, 1.807) is 18.5 Å². The number of benzene rings is 1. The third-order valence-electron chi connectivity index (χ3n) is 7.99. The van der Waals surface area contributed by atoms with Gasteiger partial charge in [-0.1, -0.05) is 17.7 Å². The number of anilines is 1. The number of nitrogens with zero attached hydrogens (tertiary/aromatic N) is 3. The molecule has 2 aliphatic rings. The zero-order valence-electron chi connectivity index (χ0n) is 23.4. The summed E-state index contributed by atoms with van der Waals surface area (Å²) < 4.78 is 25.9. The molecule has 2 aromatic rings. The number of ether oxygens (including phenoxy) is 2. The van der Waals surface area contributed by atoms with Gasteiger partial charge in [0.1, 0.15) is 23.8 Å². The van der Waals surface area contributed by atoms with Crippen molar-refractivity contribution in [2.24, 2.45) is 11.8 Å². The van der Waals surface area contributed by atoms with Gasteiger partial charge in [-0.25, -0.2) is 14.4 Å². The van der Waals surface area contributed by atoms with Crippen molar-refractivity contribution in [1.82, 2.24) is 15.3 Å². The summed E-state index contributed by atoms with van der Waals surface area (Å²) >= 11 is 5.87. The molecule has 0 unspecified atom stereocenters. The van der Waals surface area contributed by atoms with Crippen LogP contribution in [-0.2, 0) is 16.0 Å². The minimum atomic E-state index is -1.42. The zero-order valence-corrected chi connectivity index (χ0v) is 24.2. The summed E-state index contributed by atoms with van der Waals surface area (Å²) in [5.41, 5.74) is 0.239. The standard InChI is InChI=1S/C29H40ClFN4O7/c30-21-15-33-29(34-16-21)35-8-5-18(6-9-35)2-1-10-41-22-4-3-19(23(31)14-22)13-25(37)32-7-11-42-24-12-20(17-36)26(38)28(40)27(24)39/h3-4,14-16,18,20,24,26-28,36,38-40H,1-2,5-13,17H2,(H,32,37)/t20-,24+,26-,27-,28+/m1/s1. The highest BCUT2D eigenvalue weighted by Gasteiger charge is 2.42. The SMILES string of the molecule is O=C(Cc1ccc(OCCCC2CCN(c3ncc(Cl)cn3)CC2)cc1F)NCCO[C@H]1C[C@H](CO)[C@@H](O)[C@H](O)[C@@H]1O. The zero-order chi connectivity index (χ0) is 30.1. The number of piperidine rings is 1. The van der Waals surface area contributed by atoms with Gasteiger partial charge in [0.2, 0.25) is 11.9 Å². The highest BCUT2D eigenvalue weighted by Crippen LogP contribution is 2.28. The van der Waals surface area contributed by atoms with Crippen molar-refractivity contribution in [2.75, 3.05) is 44.4 Å². The van der Waals surface area contributed by atoms with Gasteiger partial charge in [0.25, 0.3) is 0 Å². The Morgan fingerprint density at radius 3 is 2.52 bits per heavy atom. The number of carbonyl (C=O) groups is 1. The maximum atomic E-state index is 14.6. The summed E-state index contributed by atoms with van der Waals surface area (Å²) in [4.78, 5) is 23.0. The van der Waals surface area contributed by atoms with Crippen LogP contribution >= 0.6 is 11.6 Å². The van der Waals surface area contributed by atoms with Crippen LogP contribution in [0.4, 0.5) is 10.3 Å². The number of aliphatic hydroxyl groups excluding tert-OH is 4. The topological polar surface area (TPSA) is 158 Å². The second-order valence-electron chi connectivity index (χ2n) is 11.0. The summed E-state index contributed by atoms with van der Waals surface area (Å²) in [6, 6.07) is 4.48. The fourth-order valence-corrected chi connectivity index (χ4v) is 5.57. The van der Waals surface area contributed by atoms with Crippen molar-refractivity contribution >= 4 is 23.5 Å². The Labute approximate surface area is 249 Å². The van der Waals surface area contributed by atoms with Gasteiger partial charge in [-0.2, -0.15) is 0 Å². The summed E-state index contributed by atoms with van der Waals surface area (Å²) in [5.74, 6) is 0.175. The molecule has 42 heavy (non-hydrogen) atoms. The highest BCUT2D eigenvalue weighted by molar-refractivity contribution is 6.30. The third-order valence-corrected chi connectivity index (χ3v) is 8.19. The molecule has 1 saturated carbocycles. The van der Waals surface area contributed by atoms with Crippen molar-refractivity contribution in [3.63, 3.8) is 0 Å². The largest absolute Gasteiger partial charge is 0.493 e. The Morgan fingerprint density at radius 1 is 1.10 bits per heavy atom. The van der Waals surface area contributed by atoms with Gasteiger partial charge in [0.15, 0.2) is 0 Å². The van der Waals surface area contributed by atoms with Crippen LogP contribution in [0.15, 0.2) is 30.6 Å². The van der Waals surface area contributed by atoms with E-state index in [1.807, 2.05) is 0 Å². The van der Waals surface area contributed by atoms with Crippen LogP contribution in [-0.4, -0.2) is 100 Å². The Kier molecular flexibility index (Phi) is 12.1. The number of hydrogen-bond donors (Lipinski definition) is 5. The molecule has 232 valence electrons. The van der Waals surface area contributed by atoms with Gasteiger partial charge >= 0.3 is 0 Å². The van der Waals surface area contributed by atoms with Gasteiger partial charge in [-0.05, 0) is 49.7 Å². The Balaban J connectivity index is 1.10. The molecule has 4 rings (SSSR count). The fraction of sp³-hybridized carbons (Fsp3) is 0.621. The average molecular weight is 611 g/mol. The number of amides is 1. The average Bonchev–Trinajstić information content (AvgIpc) is 2.99. The summed E-state index contributed by atoms with van der Waals surface area (Å²) in [6.07, 6.45) is 2.44. The van der Waals surface area contributed by atoms with E-state index in [0.29, 0.717) is 29.2 Å². The molecule has 1 aromatic heterocycles. The number of hydrogen-bond acceptors (Lipinski definition) is 10. The van der Waals surface area contributed by atoms with Gasteiger partial charge in [0.05, 0.1) is 49.3 Å². The maximum Gasteiger partial charge on any atom is 0.225 e. The fourth-order valence-electron chi connectivity index (χ4n) is 5.48. The minimum absolute atomic E-state index is 0.0412. The molecule has 5 N–H and O–H groups in total. The highest BCUT2D eigenvalue weighted by atomic mass is 35.5. The molecule has 2 heterocycles. The monoisotopic (exact) mass is 610 g/mol. The molecule has 1 aliphatic heterocycles. The molecule has 5 atom stereocenters. The molecule has 1 aromatic carbocycles. The Morgan fingerprint density at radius 2 is 1.83 bits per heavy atom. The predicted molar refractivity (Wildman–Crippen MR) is 153 cm³/mol. The molecule has 13 heteroatoms. The first-order valence-electron chi connectivity index (χ1n) is 14.4. The van der Waals surface area contributed by atoms with Crippen molar-refractivity contribution in [3.8, 4) is 5.75 Å². The molecule has 0 radical (unpaired) electrons. The second-order valence-corrected chi connectivity index (χ2v) is 11.4. The van der Waals surface area contributed by atoms with Crippen molar-refractivity contribution in [3.05, 3.63) is 47.0 Å². The molecule has 11 nitrogen and oxygen atoms in total. The van der Waals surface area contributed by atoms with Gasteiger partial charge < -0.3 is 40.1 Å². The number of halogens is 2. The molecule has 2 fully saturated rings. The van der Waals surface area contributed by atoms with E-state index in [9.17, 15) is 29.6 Å². The van der Waals surface area contributed by atoms with E-state index < -0.39 is 42.1 Å². The van der Waals surface area contributed by atoms with Crippen molar-refractivity contribution < 1.29 is 39.1 Å². The van der Waals surface area contributed by atoms with E-state index >= 15 is 0 Å². The van der Waals surface area contributed by atoms with E-state index in [2.05, 4.69) is 20.2 Å². The van der Waals surface area contributed by atoms with Gasteiger partial charge in [0, 0.05) is 38.2 Å². The third kappa shape index (κ3) is 8.95. The van der Waals surface area contributed by atoms with Crippen LogP contribution in [0.5, 0.6) is 5.75 Å². The van der Waals surface area contributed by atoms with E-state index in [-0.39, 0.29) is 38.2 Å². The van der Waals surface area contributed by atoms with E-state index in [0.717, 1.165) is 38.8 Å². The number of aliphatic hydroxyl groups is 4. The smallest absolute Gasteiger partial charge is 0.225 e. The van der Waals surface area contributed by atoms with Gasteiger partial charge in [-0.15, -0.1) is 0 Å². The number of nitrogens with one attached hydrogen (secondary N) is 1. The first-order valence-corrected chi connectivity index (χ1v) is 14.8. The van der Waals surface area contributed by atoms with Crippen LogP contribution in [0.2, 0.25) is 5.02 Å². The summed E-state index contributed by atoms with van der Waals surface area (Å²) in [7, 11) is 0. The van der Waals surface area contributed by atoms with Crippen LogP contribution in [0.3, 0.4) is 0 Å². The van der Waals surface area contributed by atoms with Crippen LogP contribution in [0.1, 0.15) is 37.7 Å². The lowest BCUT2D eigenvalue weighted by Gasteiger charge is -2.39. The Hall–Kier alpha value is -2.61. The Bertz CT molecular complexity index is 1140. The summed E-state index contributed by atoms with van der Waals surface area (Å²) in [6.45, 7) is 2.07. The second kappa shape index (κ2) is 15.7. The lowest BCUT2D eigenvalue weighted by molar-refractivity contribution is -0.177. The lowest BCUT2D eigenvalue weighted by atomic mass is 9.81. The first-order chi connectivity index (χ1) is 20.2. The predicted octanol–water partition coefficient (Wildman–Crippen LogP) is 1.48. The minimum Gasteiger partial charge on any atom is -0.493 e. The number of aromatic nitrogens is 2. The number of rotatable bonds is 13.